The average molecular weight is 429 g/mol. The zero-order valence-corrected chi connectivity index (χ0v) is 17.8. The standard InChI is InChI=1S/C20H24N6O3S/c1-14-20(15(2)23-22-14)30(28,29)25-11-7-16(8-12-25)13-26-19(27)4-3-18(24-26)17-5-9-21-10-6-17/h3-6,9-10,16H,7-8,11-13H2,1-2H3,(H,22,23). The Morgan fingerprint density at radius 1 is 1.10 bits per heavy atom. The van der Waals surface area contributed by atoms with Crippen LogP contribution >= 0.6 is 0 Å². The number of piperidine rings is 1. The van der Waals surface area contributed by atoms with E-state index in [1.165, 1.54) is 15.1 Å². The van der Waals surface area contributed by atoms with Gasteiger partial charge in [-0.1, -0.05) is 0 Å². The molecule has 4 rings (SSSR count). The van der Waals surface area contributed by atoms with E-state index >= 15 is 0 Å². The molecule has 0 atom stereocenters. The van der Waals surface area contributed by atoms with Crippen LogP contribution in [0.15, 0.2) is 46.3 Å². The topological polar surface area (TPSA) is 114 Å². The molecule has 1 aliphatic rings. The molecular weight excluding hydrogens is 404 g/mol. The minimum Gasteiger partial charge on any atom is -0.281 e. The third-order valence-electron chi connectivity index (χ3n) is 5.51. The van der Waals surface area contributed by atoms with Crippen LogP contribution in [0.4, 0.5) is 0 Å². The second-order valence-corrected chi connectivity index (χ2v) is 9.46. The first kappa shape index (κ1) is 20.4. The van der Waals surface area contributed by atoms with Gasteiger partial charge < -0.3 is 0 Å². The number of rotatable bonds is 5. The second kappa shape index (κ2) is 8.11. The molecule has 1 aliphatic heterocycles. The molecule has 10 heteroatoms. The number of aromatic amines is 1. The van der Waals surface area contributed by atoms with Gasteiger partial charge in [-0.2, -0.15) is 14.5 Å². The van der Waals surface area contributed by atoms with Gasteiger partial charge in [-0.05, 0) is 50.8 Å². The molecule has 0 amide bonds. The Bertz CT molecular complexity index is 1180. The van der Waals surface area contributed by atoms with Gasteiger partial charge in [0.25, 0.3) is 5.56 Å². The van der Waals surface area contributed by atoms with Crippen molar-refractivity contribution in [3.63, 3.8) is 0 Å². The molecule has 0 radical (unpaired) electrons. The van der Waals surface area contributed by atoms with E-state index in [-0.39, 0.29) is 16.4 Å². The predicted molar refractivity (Wildman–Crippen MR) is 111 cm³/mol. The lowest BCUT2D eigenvalue weighted by molar-refractivity contribution is 0.244. The van der Waals surface area contributed by atoms with Crippen molar-refractivity contribution in [2.45, 2.75) is 38.1 Å². The Hall–Kier alpha value is -2.85. The summed E-state index contributed by atoms with van der Waals surface area (Å²) < 4.78 is 29.0. The van der Waals surface area contributed by atoms with Crippen LogP contribution in [-0.2, 0) is 16.6 Å². The lowest BCUT2D eigenvalue weighted by Gasteiger charge is -2.31. The molecule has 0 aromatic carbocycles. The highest BCUT2D eigenvalue weighted by atomic mass is 32.2. The number of nitrogens with one attached hydrogen (secondary N) is 1. The molecule has 1 saturated heterocycles. The monoisotopic (exact) mass is 428 g/mol. The summed E-state index contributed by atoms with van der Waals surface area (Å²) in [5.74, 6) is 0.181. The zero-order chi connectivity index (χ0) is 21.3. The molecular formula is C20H24N6O3S. The third-order valence-corrected chi connectivity index (χ3v) is 7.67. The Labute approximate surface area is 174 Å². The van der Waals surface area contributed by atoms with Gasteiger partial charge >= 0.3 is 0 Å². The van der Waals surface area contributed by atoms with Crippen LogP contribution in [0.1, 0.15) is 24.2 Å². The fourth-order valence-electron chi connectivity index (χ4n) is 3.88. The Kier molecular flexibility index (Phi) is 5.52. The normalized spacial score (nSPS) is 16.1. The molecule has 0 saturated carbocycles. The van der Waals surface area contributed by atoms with Crippen molar-refractivity contribution >= 4 is 10.0 Å². The van der Waals surface area contributed by atoms with Gasteiger partial charge in [0.15, 0.2) is 0 Å². The van der Waals surface area contributed by atoms with E-state index in [1.54, 1.807) is 32.3 Å². The Balaban J connectivity index is 1.46. The molecule has 3 aromatic rings. The van der Waals surface area contributed by atoms with Crippen LogP contribution in [0.2, 0.25) is 0 Å². The Morgan fingerprint density at radius 2 is 1.80 bits per heavy atom. The summed E-state index contributed by atoms with van der Waals surface area (Å²) in [6, 6.07) is 6.92. The molecule has 1 fully saturated rings. The van der Waals surface area contributed by atoms with Gasteiger partial charge in [-0.15, -0.1) is 0 Å². The van der Waals surface area contributed by atoms with Crippen molar-refractivity contribution in [2.75, 3.05) is 13.1 Å². The number of sulfonamides is 1. The van der Waals surface area contributed by atoms with Crippen LogP contribution in [0.25, 0.3) is 11.3 Å². The van der Waals surface area contributed by atoms with E-state index in [2.05, 4.69) is 20.3 Å². The van der Waals surface area contributed by atoms with Crippen molar-refractivity contribution in [3.8, 4) is 11.3 Å². The largest absolute Gasteiger partial charge is 0.281 e. The summed E-state index contributed by atoms with van der Waals surface area (Å²) in [6.45, 7) is 4.70. The maximum absolute atomic E-state index is 13.0. The third kappa shape index (κ3) is 3.92. The smallest absolute Gasteiger partial charge is 0.266 e. The van der Waals surface area contributed by atoms with E-state index < -0.39 is 10.0 Å². The number of pyridine rings is 1. The van der Waals surface area contributed by atoms with Crippen LogP contribution in [0, 0.1) is 19.8 Å². The van der Waals surface area contributed by atoms with Crippen molar-refractivity contribution in [2.24, 2.45) is 5.92 Å². The summed E-state index contributed by atoms with van der Waals surface area (Å²) in [7, 11) is -3.58. The van der Waals surface area contributed by atoms with Crippen LogP contribution in [0.5, 0.6) is 0 Å². The molecule has 3 aromatic heterocycles. The van der Waals surface area contributed by atoms with Crippen molar-refractivity contribution in [3.05, 3.63) is 58.4 Å². The van der Waals surface area contributed by atoms with Crippen molar-refractivity contribution in [1.82, 2.24) is 29.3 Å². The maximum Gasteiger partial charge on any atom is 0.266 e. The van der Waals surface area contributed by atoms with Crippen LogP contribution in [-0.4, -0.2) is 50.8 Å². The van der Waals surface area contributed by atoms with Crippen LogP contribution in [0.3, 0.4) is 0 Å². The van der Waals surface area contributed by atoms with E-state index in [9.17, 15) is 13.2 Å². The number of aryl methyl sites for hydroxylation is 2. The predicted octanol–water partition coefficient (Wildman–Crippen LogP) is 1.75. The average Bonchev–Trinajstić information content (AvgIpc) is 3.09. The first-order valence-electron chi connectivity index (χ1n) is 9.86. The van der Waals surface area contributed by atoms with Gasteiger partial charge in [0.05, 0.1) is 17.1 Å². The molecule has 4 heterocycles. The molecule has 0 unspecified atom stereocenters. The SMILES string of the molecule is Cc1n[nH]c(C)c1S(=O)(=O)N1CCC(Cn2nc(-c3ccncc3)ccc2=O)CC1. The lowest BCUT2D eigenvalue weighted by atomic mass is 9.98. The first-order valence-corrected chi connectivity index (χ1v) is 11.3. The minimum atomic E-state index is -3.58. The fraction of sp³-hybridized carbons (Fsp3) is 0.400. The number of H-pyrrole nitrogens is 1. The summed E-state index contributed by atoms with van der Waals surface area (Å²) in [5.41, 5.74) is 2.48. The molecule has 30 heavy (non-hydrogen) atoms. The Morgan fingerprint density at radius 3 is 2.43 bits per heavy atom. The number of hydrogen-bond acceptors (Lipinski definition) is 6. The quantitative estimate of drug-likeness (QED) is 0.662. The minimum absolute atomic E-state index is 0.160. The summed E-state index contributed by atoms with van der Waals surface area (Å²) in [6.07, 6.45) is 4.71. The summed E-state index contributed by atoms with van der Waals surface area (Å²) >= 11 is 0. The number of nitrogens with zero attached hydrogens (tertiary/aromatic N) is 5. The molecule has 158 valence electrons. The van der Waals surface area contributed by atoms with Gasteiger partial charge in [0.1, 0.15) is 4.90 Å². The molecule has 9 nitrogen and oxygen atoms in total. The van der Waals surface area contributed by atoms with E-state index in [0.717, 1.165) is 5.56 Å². The van der Waals surface area contributed by atoms with E-state index in [1.807, 2.05) is 12.1 Å². The first-order chi connectivity index (χ1) is 14.4. The highest BCUT2D eigenvalue weighted by Gasteiger charge is 2.33. The van der Waals surface area contributed by atoms with E-state index in [4.69, 9.17) is 0 Å². The van der Waals surface area contributed by atoms with Crippen LogP contribution < -0.4 is 5.56 Å². The molecule has 0 aliphatic carbocycles. The highest BCUT2D eigenvalue weighted by molar-refractivity contribution is 7.89. The summed E-state index contributed by atoms with van der Waals surface area (Å²) in [4.78, 5) is 16.6. The number of aromatic nitrogens is 5. The van der Waals surface area contributed by atoms with Gasteiger partial charge in [-0.3, -0.25) is 14.9 Å². The van der Waals surface area contributed by atoms with E-state index in [0.29, 0.717) is 49.6 Å². The number of hydrogen-bond donors (Lipinski definition) is 1. The van der Waals surface area contributed by atoms with Gasteiger partial charge in [0.2, 0.25) is 10.0 Å². The maximum atomic E-state index is 13.0. The summed E-state index contributed by atoms with van der Waals surface area (Å²) in [5, 5.41) is 11.3. The second-order valence-electron chi connectivity index (χ2n) is 7.59. The van der Waals surface area contributed by atoms with Gasteiger partial charge in [0, 0.05) is 43.7 Å². The van der Waals surface area contributed by atoms with Gasteiger partial charge in [-0.25, -0.2) is 13.1 Å². The molecule has 0 bridgehead atoms. The fourth-order valence-corrected chi connectivity index (χ4v) is 5.68. The van der Waals surface area contributed by atoms with Crippen molar-refractivity contribution < 1.29 is 8.42 Å². The zero-order valence-electron chi connectivity index (χ0n) is 16.9. The molecule has 0 spiro atoms. The molecule has 1 N–H and O–H groups in total. The highest BCUT2D eigenvalue weighted by Crippen LogP contribution is 2.27. The lowest BCUT2D eigenvalue weighted by Crippen LogP contribution is -2.40. The van der Waals surface area contributed by atoms with Crippen molar-refractivity contribution in [1.29, 1.82) is 0 Å².